The van der Waals surface area contributed by atoms with Gasteiger partial charge in [-0.05, 0) is 12.1 Å². The molecule has 15 heavy (non-hydrogen) atoms. The number of benzene rings is 1. The smallest absolute Gasteiger partial charge is 0.293 e. The van der Waals surface area contributed by atoms with E-state index in [1.54, 1.807) is 19.1 Å². The molecule has 0 saturated carbocycles. The minimum absolute atomic E-state index is 0.0531. The Bertz CT molecular complexity index is 423. The average molecular weight is 206 g/mol. The number of nitro benzene ring substituents is 1. The van der Waals surface area contributed by atoms with Gasteiger partial charge in [0.05, 0.1) is 16.6 Å². The van der Waals surface area contributed by atoms with Crippen LogP contribution >= 0.6 is 0 Å². The third-order valence-corrected chi connectivity index (χ3v) is 1.67. The molecule has 0 heterocycles. The van der Waals surface area contributed by atoms with Crippen LogP contribution in [0.1, 0.15) is 5.56 Å². The molecule has 0 amide bonds. The topological polar surface area (TPSA) is 82.2 Å². The predicted molar refractivity (Wildman–Crippen MR) is 55.1 cm³/mol. The molecule has 0 unspecified atom stereocenters. The number of hydrazine groups is 1. The molecular weight excluding hydrogens is 196 g/mol. The minimum Gasteiger partial charge on any atom is -0.313 e. The first-order valence-corrected chi connectivity index (χ1v) is 4.17. The number of nitro groups is 1. The van der Waals surface area contributed by atoms with Crippen LogP contribution in [0.5, 0.6) is 0 Å². The van der Waals surface area contributed by atoms with Crippen LogP contribution in [-0.2, 0) is 0 Å². The summed E-state index contributed by atoms with van der Waals surface area (Å²) in [6.45, 7) is 0. The van der Waals surface area contributed by atoms with Gasteiger partial charge in [0.2, 0.25) is 0 Å². The van der Waals surface area contributed by atoms with Crippen LogP contribution in [0, 0.1) is 21.4 Å². The lowest BCUT2D eigenvalue weighted by molar-refractivity contribution is -0.384. The first-order valence-electron chi connectivity index (χ1n) is 4.17. The summed E-state index contributed by atoms with van der Waals surface area (Å²) in [4.78, 5) is 10.2. The standard InChI is InChI=1S/C9H10N4O2/c1-12(2)11-8-5-7(6-10)3-4-9(8)13(14)15/h3-5,11H,1-2H3. The summed E-state index contributed by atoms with van der Waals surface area (Å²) in [6, 6.07) is 6.09. The fourth-order valence-electron chi connectivity index (χ4n) is 1.10. The molecule has 0 aliphatic carbocycles. The Morgan fingerprint density at radius 2 is 2.20 bits per heavy atom. The van der Waals surface area contributed by atoms with E-state index in [-0.39, 0.29) is 5.69 Å². The Balaban J connectivity index is 3.17. The number of hydrogen-bond acceptors (Lipinski definition) is 5. The maximum Gasteiger partial charge on any atom is 0.293 e. The summed E-state index contributed by atoms with van der Waals surface area (Å²) in [5, 5.41) is 20.9. The molecule has 0 aliphatic heterocycles. The van der Waals surface area contributed by atoms with E-state index in [4.69, 9.17) is 5.26 Å². The van der Waals surface area contributed by atoms with E-state index in [0.29, 0.717) is 11.3 Å². The van der Waals surface area contributed by atoms with Crippen molar-refractivity contribution >= 4 is 11.4 Å². The predicted octanol–water partition coefficient (Wildman–Crippen LogP) is 1.35. The SMILES string of the molecule is CN(C)Nc1cc(C#N)ccc1[N+](=O)[O-]. The fourth-order valence-corrected chi connectivity index (χ4v) is 1.10. The highest BCUT2D eigenvalue weighted by Gasteiger charge is 2.14. The molecule has 0 aromatic heterocycles. The molecule has 0 fully saturated rings. The normalized spacial score (nSPS) is 9.73. The first kappa shape index (κ1) is 10.9. The van der Waals surface area contributed by atoms with Gasteiger partial charge in [0.15, 0.2) is 0 Å². The van der Waals surface area contributed by atoms with Gasteiger partial charge in [0, 0.05) is 20.2 Å². The van der Waals surface area contributed by atoms with Gasteiger partial charge < -0.3 is 5.43 Å². The number of hydrogen-bond donors (Lipinski definition) is 1. The molecule has 1 rings (SSSR count). The highest BCUT2D eigenvalue weighted by molar-refractivity contribution is 5.63. The van der Waals surface area contributed by atoms with E-state index in [0.717, 1.165) is 0 Å². The van der Waals surface area contributed by atoms with Gasteiger partial charge in [0.1, 0.15) is 5.69 Å². The molecule has 0 saturated heterocycles. The van der Waals surface area contributed by atoms with Crippen molar-refractivity contribution < 1.29 is 4.92 Å². The highest BCUT2D eigenvalue weighted by Crippen LogP contribution is 2.25. The third kappa shape index (κ3) is 2.65. The van der Waals surface area contributed by atoms with Crippen molar-refractivity contribution in [2.24, 2.45) is 0 Å². The van der Waals surface area contributed by atoms with Gasteiger partial charge in [-0.1, -0.05) is 0 Å². The third-order valence-electron chi connectivity index (χ3n) is 1.67. The lowest BCUT2D eigenvalue weighted by atomic mass is 10.2. The highest BCUT2D eigenvalue weighted by atomic mass is 16.6. The molecule has 0 atom stereocenters. The van der Waals surface area contributed by atoms with Gasteiger partial charge in [-0.25, -0.2) is 5.01 Å². The van der Waals surface area contributed by atoms with Gasteiger partial charge in [-0.15, -0.1) is 0 Å². The number of anilines is 1. The second-order valence-electron chi connectivity index (χ2n) is 3.11. The molecule has 0 radical (unpaired) electrons. The van der Waals surface area contributed by atoms with Gasteiger partial charge in [-0.2, -0.15) is 5.26 Å². The Labute approximate surface area is 86.9 Å². The second-order valence-corrected chi connectivity index (χ2v) is 3.11. The molecule has 0 aliphatic rings. The molecular formula is C9H10N4O2. The Hall–Kier alpha value is -2.13. The van der Waals surface area contributed by atoms with Crippen LogP contribution in [0.15, 0.2) is 18.2 Å². The van der Waals surface area contributed by atoms with E-state index >= 15 is 0 Å². The first-order chi connectivity index (χ1) is 7.04. The molecule has 6 nitrogen and oxygen atoms in total. The van der Waals surface area contributed by atoms with Crippen molar-refractivity contribution in [3.8, 4) is 6.07 Å². The molecule has 1 aromatic rings. The minimum atomic E-state index is -0.493. The lowest BCUT2D eigenvalue weighted by Gasteiger charge is -2.13. The Morgan fingerprint density at radius 1 is 1.53 bits per heavy atom. The molecule has 0 spiro atoms. The number of nitrogens with zero attached hydrogens (tertiary/aromatic N) is 3. The maximum atomic E-state index is 10.7. The van der Waals surface area contributed by atoms with Crippen LogP contribution in [0.2, 0.25) is 0 Å². The molecule has 6 heteroatoms. The summed E-state index contributed by atoms with van der Waals surface area (Å²) in [6.07, 6.45) is 0. The van der Waals surface area contributed by atoms with Crippen molar-refractivity contribution in [3.05, 3.63) is 33.9 Å². The van der Waals surface area contributed by atoms with Crippen LogP contribution in [-0.4, -0.2) is 24.0 Å². The summed E-state index contributed by atoms with van der Waals surface area (Å²) in [7, 11) is 3.42. The van der Waals surface area contributed by atoms with Gasteiger partial charge in [0.25, 0.3) is 5.69 Å². The fraction of sp³-hybridized carbons (Fsp3) is 0.222. The number of nitrogens with one attached hydrogen (secondary N) is 1. The molecule has 1 N–H and O–H groups in total. The van der Waals surface area contributed by atoms with Gasteiger partial charge in [-0.3, -0.25) is 10.1 Å². The molecule has 0 bridgehead atoms. The van der Waals surface area contributed by atoms with Gasteiger partial charge >= 0.3 is 0 Å². The Morgan fingerprint density at radius 3 is 2.67 bits per heavy atom. The van der Waals surface area contributed by atoms with E-state index in [9.17, 15) is 10.1 Å². The summed E-state index contributed by atoms with van der Waals surface area (Å²) >= 11 is 0. The van der Waals surface area contributed by atoms with Crippen LogP contribution in [0.4, 0.5) is 11.4 Å². The number of nitriles is 1. The van der Waals surface area contributed by atoms with E-state index in [2.05, 4.69) is 5.43 Å². The average Bonchev–Trinajstić information content (AvgIpc) is 2.16. The van der Waals surface area contributed by atoms with Crippen molar-refractivity contribution in [1.82, 2.24) is 5.01 Å². The lowest BCUT2D eigenvalue weighted by Crippen LogP contribution is -2.20. The zero-order chi connectivity index (χ0) is 11.4. The zero-order valence-corrected chi connectivity index (χ0v) is 8.39. The van der Waals surface area contributed by atoms with Crippen molar-refractivity contribution in [2.45, 2.75) is 0 Å². The van der Waals surface area contributed by atoms with Crippen molar-refractivity contribution in [1.29, 1.82) is 5.26 Å². The van der Waals surface area contributed by atoms with Crippen LogP contribution < -0.4 is 5.43 Å². The van der Waals surface area contributed by atoms with Crippen LogP contribution in [0.3, 0.4) is 0 Å². The Kier molecular flexibility index (Phi) is 3.21. The monoisotopic (exact) mass is 206 g/mol. The van der Waals surface area contributed by atoms with Crippen molar-refractivity contribution in [2.75, 3.05) is 19.5 Å². The number of rotatable bonds is 3. The van der Waals surface area contributed by atoms with E-state index < -0.39 is 4.92 Å². The van der Waals surface area contributed by atoms with E-state index in [1.165, 1.54) is 18.2 Å². The summed E-state index contributed by atoms with van der Waals surface area (Å²) in [5.74, 6) is 0. The van der Waals surface area contributed by atoms with E-state index in [1.807, 2.05) is 6.07 Å². The molecule has 1 aromatic carbocycles. The quantitative estimate of drug-likeness (QED) is 0.596. The zero-order valence-electron chi connectivity index (χ0n) is 8.39. The van der Waals surface area contributed by atoms with Crippen molar-refractivity contribution in [3.63, 3.8) is 0 Å². The second kappa shape index (κ2) is 4.39. The van der Waals surface area contributed by atoms with Crippen LogP contribution in [0.25, 0.3) is 0 Å². The largest absolute Gasteiger partial charge is 0.313 e. The molecule has 78 valence electrons. The summed E-state index contributed by atoms with van der Waals surface area (Å²) in [5.41, 5.74) is 3.41. The maximum absolute atomic E-state index is 10.7. The summed E-state index contributed by atoms with van der Waals surface area (Å²) < 4.78 is 0.